The highest BCUT2D eigenvalue weighted by molar-refractivity contribution is 5.76. The lowest BCUT2D eigenvalue weighted by atomic mass is 9.86. The van der Waals surface area contributed by atoms with Gasteiger partial charge in [0.25, 0.3) is 0 Å². The molecule has 5 nitrogen and oxygen atoms in total. The molecule has 2 aliphatic rings. The van der Waals surface area contributed by atoms with Crippen LogP contribution in [0.3, 0.4) is 0 Å². The van der Waals surface area contributed by atoms with Gasteiger partial charge < -0.3 is 20.3 Å². The number of carbonyl (C=O) groups is 1. The quantitative estimate of drug-likeness (QED) is 0.409. The summed E-state index contributed by atoms with van der Waals surface area (Å²) in [4.78, 5) is 12.1. The van der Waals surface area contributed by atoms with Crippen molar-refractivity contribution in [1.82, 2.24) is 5.32 Å². The first kappa shape index (κ1) is 25.3. The predicted molar refractivity (Wildman–Crippen MR) is 131 cm³/mol. The Morgan fingerprint density at radius 2 is 2.12 bits per heavy atom. The number of amides is 1. The Hall–Kier alpha value is -2.29. The van der Waals surface area contributed by atoms with Crippen molar-refractivity contribution < 1.29 is 19.7 Å². The topological polar surface area (TPSA) is 78.8 Å². The van der Waals surface area contributed by atoms with Crippen molar-refractivity contribution in [3.05, 3.63) is 41.5 Å². The Bertz CT molecular complexity index is 920. The zero-order chi connectivity index (χ0) is 24.2. The van der Waals surface area contributed by atoms with Crippen LogP contribution in [-0.2, 0) is 11.2 Å². The number of aliphatic hydroxyl groups is 2. The first-order valence-corrected chi connectivity index (χ1v) is 12.1. The zero-order valence-corrected chi connectivity index (χ0v) is 20.6. The van der Waals surface area contributed by atoms with Crippen LogP contribution in [0.1, 0.15) is 77.3 Å². The first-order valence-electron chi connectivity index (χ1n) is 12.1. The largest absolute Gasteiger partial charge is 0.489 e. The van der Waals surface area contributed by atoms with E-state index in [-0.39, 0.29) is 35.3 Å². The molecule has 0 spiro atoms. The molecule has 3 N–H and O–H groups in total. The van der Waals surface area contributed by atoms with Crippen LogP contribution in [-0.4, -0.2) is 40.0 Å². The van der Waals surface area contributed by atoms with Crippen molar-refractivity contribution in [1.29, 1.82) is 0 Å². The van der Waals surface area contributed by atoms with Crippen LogP contribution in [0.4, 0.5) is 0 Å². The highest BCUT2D eigenvalue weighted by Gasteiger charge is 2.48. The molecule has 0 saturated heterocycles. The number of hydrogen-bond donors (Lipinski definition) is 3. The second-order valence-corrected chi connectivity index (χ2v) is 10.5. The van der Waals surface area contributed by atoms with E-state index >= 15 is 0 Å². The average molecular weight is 454 g/mol. The van der Waals surface area contributed by atoms with Gasteiger partial charge in [-0.05, 0) is 52.0 Å². The van der Waals surface area contributed by atoms with E-state index in [0.29, 0.717) is 19.3 Å². The van der Waals surface area contributed by atoms with Gasteiger partial charge in [-0.25, -0.2) is 0 Å². The number of fused-ring (bicyclic) bond motifs is 3. The molecule has 1 heterocycles. The molecule has 1 aliphatic heterocycles. The molecule has 1 aliphatic carbocycles. The number of ether oxygens (including phenoxy) is 1. The maximum Gasteiger partial charge on any atom is 0.220 e. The summed E-state index contributed by atoms with van der Waals surface area (Å²) in [6.07, 6.45) is 5.87. The van der Waals surface area contributed by atoms with E-state index in [9.17, 15) is 15.0 Å². The molecule has 1 amide bonds. The van der Waals surface area contributed by atoms with Crippen molar-refractivity contribution in [2.24, 2.45) is 11.8 Å². The predicted octanol–water partition coefficient (Wildman–Crippen LogP) is 4.12. The standard InChI is InChI=1S/C28H39NO4/c1-6-7-10-18(2)22(30)16-15-20-23(31)17-24-26(20)21-13-8-11-19(27(21)33-24)12-9-14-25(32)29-28(3,4)5/h8,11,13,15-16,18,20,22-24,26,30-31H,9-10,12,14,17H2,1-5H3,(H,29,32)/b16-15+/t18-,20+,22-,23-,24+,26+/m1/s1. The number of rotatable bonds is 8. The Kier molecular flexibility index (Phi) is 8.26. The average Bonchev–Trinajstić information content (AvgIpc) is 3.24. The second kappa shape index (κ2) is 10.8. The fourth-order valence-electron chi connectivity index (χ4n) is 4.90. The molecule has 1 aromatic rings. The minimum absolute atomic E-state index is 0.0391. The molecular formula is C28H39NO4. The number of aryl methyl sites for hydroxylation is 1. The van der Waals surface area contributed by atoms with Crippen molar-refractivity contribution in [3.8, 4) is 17.6 Å². The number of hydrogen-bond acceptors (Lipinski definition) is 4. The maximum absolute atomic E-state index is 12.1. The number of nitrogens with one attached hydrogen (secondary N) is 1. The summed E-state index contributed by atoms with van der Waals surface area (Å²) in [6, 6.07) is 6.20. The molecular weight excluding hydrogens is 414 g/mol. The molecule has 3 rings (SSSR count). The molecule has 1 saturated carbocycles. The van der Waals surface area contributed by atoms with Gasteiger partial charge in [0.1, 0.15) is 11.9 Å². The third kappa shape index (κ3) is 6.40. The summed E-state index contributed by atoms with van der Waals surface area (Å²) in [7, 11) is 0. The minimum Gasteiger partial charge on any atom is -0.489 e. The van der Waals surface area contributed by atoms with E-state index in [2.05, 4.69) is 29.3 Å². The molecule has 1 fully saturated rings. The normalized spacial score (nSPS) is 25.5. The van der Waals surface area contributed by atoms with Crippen LogP contribution in [0.15, 0.2) is 30.4 Å². The fourth-order valence-corrected chi connectivity index (χ4v) is 4.90. The molecule has 6 atom stereocenters. The van der Waals surface area contributed by atoms with Gasteiger partial charge in [0.15, 0.2) is 0 Å². The molecule has 0 unspecified atom stereocenters. The molecule has 1 aromatic carbocycles. The highest BCUT2D eigenvalue weighted by atomic mass is 16.5. The van der Waals surface area contributed by atoms with Crippen LogP contribution in [0.2, 0.25) is 0 Å². The van der Waals surface area contributed by atoms with E-state index < -0.39 is 12.2 Å². The number of aliphatic hydroxyl groups excluding tert-OH is 2. The Morgan fingerprint density at radius 3 is 2.82 bits per heavy atom. The van der Waals surface area contributed by atoms with Gasteiger partial charge in [0, 0.05) is 42.2 Å². The number of carbonyl (C=O) groups excluding carboxylic acids is 1. The lowest BCUT2D eigenvalue weighted by Crippen LogP contribution is -2.40. The highest BCUT2D eigenvalue weighted by Crippen LogP contribution is 2.52. The van der Waals surface area contributed by atoms with E-state index in [1.165, 1.54) is 0 Å². The third-order valence-corrected chi connectivity index (χ3v) is 6.57. The molecule has 5 heteroatoms. The van der Waals surface area contributed by atoms with Gasteiger partial charge in [-0.2, -0.15) is 0 Å². The van der Waals surface area contributed by atoms with Gasteiger partial charge in [-0.15, -0.1) is 11.8 Å². The molecule has 0 bridgehead atoms. The smallest absolute Gasteiger partial charge is 0.220 e. The van der Waals surface area contributed by atoms with E-state index in [1.807, 2.05) is 45.9 Å². The second-order valence-electron chi connectivity index (χ2n) is 10.5. The van der Waals surface area contributed by atoms with Crippen LogP contribution in [0, 0.1) is 23.7 Å². The Morgan fingerprint density at radius 1 is 1.36 bits per heavy atom. The fraction of sp³-hybridized carbons (Fsp3) is 0.607. The van der Waals surface area contributed by atoms with Crippen molar-refractivity contribution >= 4 is 5.91 Å². The number of para-hydroxylation sites is 1. The van der Waals surface area contributed by atoms with Crippen molar-refractivity contribution in [2.45, 2.75) is 96.5 Å². The zero-order valence-electron chi connectivity index (χ0n) is 20.6. The van der Waals surface area contributed by atoms with E-state index in [0.717, 1.165) is 29.7 Å². The summed E-state index contributed by atoms with van der Waals surface area (Å²) in [5.41, 5.74) is 2.03. The maximum atomic E-state index is 12.1. The lowest BCUT2D eigenvalue weighted by molar-refractivity contribution is -0.122. The number of benzene rings is 1. The van der Waals surface area contributed by atoms with Crippen LogP contribution >= 0.6 is 0 Å². The molecule has 0 aromatic heterocycles. The summed E-state index contributed by atoms with van der Waals surface area (Å²) < 4.78 is 6.33. The Balaban J connectivity index is 1.68. The van der Waals surface area contributed by atoms with Crippen LogP contribution < -0.4 is 10.1 Å². The lowest BCUT2D eigenvalue weighted by Gasteiger charge is -2.20. The molecule has 33 heavy (non-hydrogen) atoms. The monoisotopic (exact) mass is 453 g/mol. The van der Waals surface area contributed by atoms with Crippen LogP contribution in [0.5, 0.6) is 5.75 Å². The summed E-state index contributed by atoms with van der Waals surface area (Å²) in [5.74, 6) is 6.90. The summed E-state index contributed by atoms with van der Waals surface area (Å²) in [5, 5.41) is 24.2. The van der Waals surface area contributed by atoms with E-state index in [1.54, 1.807) is 6.92 Å². The molecule has 180 valence electrons. The van der Waals surface area contributed by atoms with Gasteiger partial charge in [0.05, 0.1) is 12.2 Å². The van der Waals surface area contributed by atoms with Crippen molar-refractivity contribution in [2.75, 3.05) is 0 Å². The third-order valence-electron chi connectivity index (χ3n) is 6.57. The van der Waals surface area contributed by atoms with Crippen LogP contribution in [0.25, 0.3) is 0 Å². The van der Waals surface area contributed by atoms with E-state index in [4.69, 9.17) is 4.74 Å². The van der Waals surface area contributed by atoms with Gasteiger partial charge in [0.2, 0.25) is 5.91 Å². The van der Waals surface area contributed by atoms with Gasteiger partial charge in [-0.1, -0.05) is 37.3 Å². The Labute approximate surface area is 198 Å². The van der Waals surface area contributed by atoms with Crippen molar-refractivity contribution in [3.63, 3.8) is 0 Å². The van der Waals surface area contributed by atoms with Gasteiger partial charge in [-0.3, -0.25) is 4.79 Å². The van der Waals surface area contributed by atoms with Gasteiger partial charge >= 0.3 is 0 Å². The SMILES string of the molecule is CC#CC[C@@H](C)[C@H](O)/C=C/[C@@H]1[C@H]2c3cccc(CCCC(=O)NC(C)(C)C)c3O[C@H]2C[C@H]1O. The summed E-state index contributed by atoms with van der Waals surface area (Å²) >= 11 is 0. The first-order chi connectivity index (χ1) is 15.6. The summed E-state index contributed by atoms with van der Waals surface area (Å²) in [6.45, 7) is 9.74. The molecule has 0 radical (unpaired) electrons. The minimum atomic E-state index is -0.593.